The molecule has 2 aromatic carbocycles. The number of imidazole rings is 1. The van der Waals surface area contributed by atoms with Crippen molar-refractivity contribution in [1.82, 2.24) is 9.97 Å². The van der Waals surface area contributed by atoms with E-state index in [4.69, 9.17) is 9.15 Å². The second-order valence-corrected chi connectivity index (χ2v) is 5.60. The van der Waals surface area contributed by atoms with E-state index < -0.39 is 11.8 Å². The van der Waals surface area contributed by atoms with Gasteiger partial charge in [-0.1, -0.05) is 0 Å². The monoisotopic (exact) mass is 352 g/mol. The van der Waals surface area contributed by atoms with E-state index >= 15 is 0 Å². The van der Waals surface area contributed by atoms with Crippen LogP contribution in [0.2, 0.25) is 0 Å². The zero-order valence-electron chi connectivity index (χ0n) is 13.6. The number of ether oxygens (including phenoxy) is 1. The van der Waals surface area contributed by atoms with Gasteiger partial charge in [0.2, 0.25) is 0 Å². The Morgan fingerprint density at radius 1 is 1.27 bits per heavy atom. The summed E-state index contributed by atoms with van der Waals surface area (Å²) in [4.78, 5) is 19.0. The van der Waals surface area contributed by atoms with E-state index in [2.05, 4.69) is 9.97 Å². The first-order chi connectivity index (χ1) is 12.6. The second-order valence-electron chi connectivity index (χ2n) is 5.60. The fourth-order valence-corrected chi connectivity index (χ4v) is 2.91. The minimum absolute atomic E-state index is 0.00379. The van der Waals surface area contributed by atoms with Crippen LogP contribution in [0.1, 0.15) is 10.4 Å². The minimum Gasteiger partial charge on any atom is -0.496 e. The third-order valence-corrected chi connectivity index (χ3v) is 4.08. The number of hydrogen-bond donors (Lipinski definition) is 2. The van der Waals surface area contributed by atoms with Crippen LogP contribution in [0, 0.1) is 5.82 Å². The van der Waals surface area contributed by atoms with Crippen molar-refractivity contribution in [3.05, 3.63) is 60.2 Å². The van der Waals surface area contributed by atoms with Gasteiger partial charge in [0.25, 0.3) is 0 Å². The molecule has 2 N–H and O–H groups in total. The number of benzene rings is 2. The first-order valence-corrected chi connectivity index (χ1v) is 7.72. The van der Waals surface area contributed by atoms with Crippen molar-refractivity contribution < 1.29 is 23.4 Å². The molecule has 4 aromatic rings. The molecule has 0 aliphatic heterocycles. The largest absolute Gasteiger partial charge is 0.496 e. The number of aromatic carboxylic acids is 1. The van der Waals surface area contributed by atoms with E-state index in [0.29, 0.717) is 33.7 Å². The molecule has 6 nitrogen and oxygen atoms in total. The summed E-state index contributed by atoms with van der Waals surface area (Å²) in [5.74, 6) is -0.368. The summed E-state index contributed by atoms with van der Waals surface area (Å²) in [6, 6.07) is 8.74. The molecule has 2 heterocycles. The van der Waals surface area contributed by atoms with Gasteiger partial charge in [-0.05, 0) is 36.4 Å². The van der Waals surface area contributed by atoms with E-state index in [0.717, 1.165) is 0 Å². The van der Waals surface area contributed by atoms with Gasteiger partial charge in [0.1, 0.15) is 34.3 Å². The minimum atomic E-state index is -1.14. The number of carbonyl (C=O) groups is 1. The van der Waals surface area contributed by atoms with Gasteiger partial charge in [0, 0.05) is 23.3 Å². The van der Waals surface area contributed by atoms with E-state index in [9.17, 15) is 14.3 Å². The predicted molar refractivity (Wildman–Crippen MR) is 92.7 cm³/mol. The highest BCUT2D eigenvalue weighted by Gasteiger charge is 2.24. The summed E-state index contributed by atoms with van der Waals surface area (Å²) < 4.78 is 24.4. The van der Waals surface area contributed by atoms with E-state index in [1.165, 1.54) is 31.4 Å². The number of fused-ring (bicyclic) bond motifs is 1. The number of methoxy groups -OCH3 is 1. The van der Waals surface area contributed by atoms with Crippen LogP contribution >= 0.6 is 0 Å². The molecule has 130 valence electrons. The van der Waals surface area contributed by atoms with Gasteiger partial charge in [0.05, 0.1) is 12.7 Å². The molecular formula is C19H13FN2O4. The summed E-state index contributed by atoms with van der Waals surface area (Å²) in [5, 5.41) is 10.1. The van der Waals surface area contributed by atoms with Crippen LogP contribution in [0.15, 0.2) is 53.2 Å². The molecule has 0 spiro atoms. The number of nitrogens with zero attached hydrogens (tertiary/aromatic N) is 1. The standard InChI is InChI=1S/C19H13FN2O4/c1-25-14-8-12-15(9-13(14)18-21-6-7-22-18)26-17(16(12)19(23)24)10-2-4-11(20)5-3-10/h2-9H,1H3,(H,21,22)(H,23,24). The van der Waals surface area contributed by atoms with Crippen molar-refractivity contribution in [1.29, 1.82) is 0 Å². The van der Waals surface area contributed by atoms with Gasteiger partial charge < -0.3 is 19.2 Å². The maximum absolute atomic E-state index is 13.2. The number of carboxylic acids is 1. The van der Waals surface area contributed by atoms with Crippen molar-refractivity contribution in [3.8, 4) is 28.5 Å². The van der Waals surface area contributed by atoms with Crippen molar-refractivity contribution in [2.45, 2.75) is 0 Å². The summed E-state index contributed by atoms with van der Waals surface area (Å²) in [6.45, 7) is 0. The molecule has 0 unspecified atom stereocenters. The highest BCUT2D eigenvalue weighted by Crippen LogP contribution is 2.39. The molecule has 0 aliphatic carbocycles. The number of carboxylic acid groups (broad SMARTS) is 1. The van der Waals surface area contributed by atoms with Crippen molar-refractivity contribution in [2.24, 2.45) is 0 Å². The van der Waals surface area contributed by atoms with Crippen LogP contribution in [0.5, 0.6) is 5.75 Å². The molecule has 0 fully saturated rings. The summed E-state index contributed by atoms with van der Waals surface area (Å²) >= 11 is 0. The Hall–Kier alpha value is -3.61. The number of hydrogen-bond acceptors (Lipinski definition) is 4. The van der Waals surface area contributed by atoms with Crippen LogP contribution < -0.4 is 4.74 Å². The molecule has 0 atom stereocenters. The van der Waals surface area contributed by atoms with Crippen LogP contribution in [-0.2, 0) is 0 Å². The molecule has 2 aromatic heterocycles. The normalized spacial score (nSPS) is 11.0. The fraction of sp³-hybridized carbons (Fsp3) is 0.0526. The Kier molecular flexibility index (Phi) is 3.69. The molecule has 0 saturated carbocycles. The number of aromatic nitrogens is 2. The van der Waals surface area contributed by atoms with Gasteiger partial charge in [-0.15, -0.1) is 0 Å². The van der Waals surface area contributed by atoms with Crippen LogP contribution in [0.4, 0.5) is 4.39 Å². The van der Waals surface area contributed by atoms with Crippen LogP contribution in [0.3, 0.4) is 0 Å². The number of aromatic amines is 1. The van der Waals surface area contributed by atoms with Gasteiger partial charge in [-0.25, -0.2) is 14.2 Å². The summed E-state index contributed by atoms with van der Waals surface area (Å²) in [7, 11) is 1.50. The third kappa shape index (κ3) is 2.50. The van der Waals surface area contributed by atoms with Gasteiger partial charge in [-0.3, -0.25) is 0 Å². The molecule has 0 bridgehead atoms. The summed E-state index contributed by atoms with van der Waals surface area (Å²) in [5.41, 5.74) is 1.48. The number of H-pyrrole nitrogens is 1. The highest BCUT2D eigenvalue weighted by molar-refractivity contribution is 6.09. The fourth-order valence-electron chi connectivity index (χ4n) is 2.91. The third-order valence-electron chi connectivity index (χ3n) is 4.08. The molecule has 0 radical (unpaired) electrons. The number of nitrogens with one attached hydrogen (secondary N) is 1. The average molecular weight is 352 g/mol. The Morgan fingerprint density at radius 2 is 2.04 bits per heavy atom. The Balaban J connectivity index is 2.01. The lowest BCUT2D eigenvalue weighted by Gasteiger charge is -2.06. The quantitative estimate of drug-likeness (QED) is 0.570. The molecular weight excluding hydrogens is 339 g/mol. The Labute approximate surface area is 146 Å². The zero-order valence-corrected chi connectivity index (χ0v) is 13.6. The van der Waals surface area contributed by atoms with Gasteiger partial charge >= 0.3 is 5.97 Å². The Bertz CT molecular complexity index is 1100. The lowest BCUT2D eigenvalue weighted by molar-refractivity contribution is 0.0699. The zero-order chi connectivity index (χ0) is 18.3. The van der Waals surface area contributed by atoms with E-state index in [-0.39, 0.29) is 11.3 Å². The van der Waals surface area contributed by atoms with Crippen molar-refractivity contribution in [2.75, 3.05) is 7.11 Å². The highest BCUT2D eigenvalue weighted by atomic mass is 19.1. The first kappa shape index (κ1) is 15.9. The molecule has 0 aliphatic rings. The van der Waals surface area contributed by atoms with Crippen molar-refractivity contribution in [3.63, 3.8) is 0 Å². The smallest absolute Gasteiger partial charge is 0.340 e. The first-order valence-electron chi connectivity index (χ1n) is 7.72. The number of halogens is 1. The van der Waals surface area contributed by atoms with Gasteiger partial charge in [0.15, 0.2) is 0 Å². The number of furan rings is 1. The van der Waals surface area contributed by atoms with Gasteiger partial charge in [-0.2, -0.15) is 0 Å². The predicted octanol–water partition coefficient (Wildman–Crippen LogP) is 4.34. The lowest BCUT2D eigenvalue weighted by Crippen LogP contribution is -1.98. The topological polar surface area (TPSA) is 88.3 Å². The average Bonchev–Trinajstić information content (AvgIpc) is 3.28. The maximum Gasteiger partial charge on any atom is 0.340 e. The van der Waals surface area contributed by atoms with Crippen LogP contribution in [-0.4, -0.2) is 28.2 Å². The van der Waals surface area contributed by atoms with E-state index in [1.54, 1.807) is 24.5 Å². The molecule has 4 rings (SSSR count). The van der Waals surface area contributed by atoms with Crippen molar-refractivity contribution >= 4 is 16.9 Å². The molecule has 0 saturated heterocycles. The molecule has 26 heavy (non-hydrogen) atoms. The second kappa shape index (κ2) is 6.03. The molecule has 0 amide bonds. The number of rotatable bonds is 4. The summed E-state index contributed by atoms with van der Waals surface area (Å²) in [6.07, 6.45) is 3.28. The molecule has 7 heteroatoms. The maximum atomic E-state index is 13.2. The Morgan fingerprint density at radius 3 is 2.65 bits per heavy atom. The lowest BCUT2D eigenvalue weighted by atomic mass is 10.0. The van der Waals surface area contributed by atoms with Crippen LogP contribution in [0.25, 0.3) is 33.7 Å². The van der Waals surface area contributed by atoms with E-state index in [1.807, 2.05) is 0 Å². The SMILES string of the molecule is COc1cc2c(C(=O)O)c(-c3ccc(F)cc3)oc2cc1-c1ncc[nH]1.